The summed E-state index contributed by atoms with van der Waals surface area (Å²) in [5.41, 5.74) is -1.68. The number of nitrogens with zero attached hydrogens (tertiary/aromatic N) is 3. The third-order valence-electron chi connectivity index (χ3n) is 5.14. The molecule has 2 aromatic heterocycles. The van der Waals surface area contributed by atoms with E-state index in [0.717, 1.165) is 6.07 Å². The predicted octanol–water partition coefficient (Wildman–Crippen LogP) is 4.51. The van der Waals surface area contributed by atoms with Gasteiger partial charge in [0.15, 0.2) is 5.60 Å². The summed E-state index contributed by atoms with van der Waals surface area (Å²) in [6.45, 7) is 5.98. The number of rotatable bonds is 0. The molecule has 0 unspecified atom stereocenters. The summed E-state index contributed by atoms with van der Waals surface area (Å²) in [5, 5.41) is 0. The van der Waals surface area contributed by atoms with E-state index in [-0.39, 0.29) is 11.6 Å². The molecule has 0 aromatic carbocycles. The first-order valence-corrected chi connectivity index (χ1v) is 9.42. The van der Waals surface area contributed by atoms with Gasteiger partial charge in [0.25, 0.3) is 0 Å². The Morgan fingerprint density at radius 2 is 1.86 bits per heavy atom. The quantitative estimate of drug-likeness (QED) is 0.643. The predicted molar refractivity (Wildman–Crippen MR) is 97.9 cm³/mol. The molecule has 156 valence electrons. The van der Waals surface area contributed by atoms with Gasteiger partial charge >= 0.3 is 12.3 Å². The fourth-order valence-electron chi connectivity index (χ4n) is 3.88. The lowest BCUT2D eigenvalue weighted by atomic mass is 9.87. The Bertz CT molecular complexity index is 938. The van der Waals surface area contributed by atoms with Crippen LogP contribution in [0.3, 0.4) is 0 Å². The van der Waals surface area contributed by atoms with Gasteiger partial charge in [-0.2, -0.15) is 13.2 Å². The summed E-state index contributed by atoms with van der Waals surface area (Å²) in [5.74, 6) is 0.160. The van der Waals surface area contributed by atoms with Gasteiger partial charge in [0.05, 0.1) is 5.69 Å². The SMILES string of the molecule is CC(C)(C)OC(=O)N1CCC2(CC1)Oc1ncccc1-n1c(C(F)(F)F)ccc12. The number of aromatic nitrogens is 2. The molecule has 0 N–H and O–H groups in total. The first kappa shape index (κ1) is 19.6. The lowest BCUT2D eigenvalue weighted by Crippen LogP contribution is -2.51. The zero-order valence-electron chi connectivity index (χ0n) is 16.4. The third-order valence-corrected chi connectivity index (χ3v) is 5.14. The standard InChI is InChI=1S/C20H22F3N3O3/c1-18(2,3)29-17(27)25-11-8-19(9-12-25)14-6-7-15(20(21,22)23)26(14)13-5-4-10-24-16(13)28-19/h4-7,10H,8-9,11-12H2,1-3H3. The molecule has 2 aromatic rings. The Hall–Kier alpha value is -2.71. The maximum absolute atomic E-state index is 13.6. The van der Waals surface area contributed by atoms with Crippen LogP contribution in [0.4, 0.5) is 18.0 Å². The van der Waals surface area contributed by atoms with Crippen LogP contribution in [0, 0.1) is 0 Å². The third kappa shape index (κ3) is 3.42. The van der Waals surface area contributed by atoms with Crippen LogP contribution in [0.25, 0.3) is 5.69 Å². The highest BCUT2D eigenvalue weighted by atomic mass is 19.4. The Kier molecular flexibility index (Phi) is 4.32. The van der Waals surface area contributed by atoms with E-state index in [4.69, 9.17) is 9.47 Å². The fourth-order valence-corrected chi connectivity index (χ4v) is 3.88. The summed E-state index contributed by atoms with van der Waals surface area (Å²) in [6.07, 6.45) is -2.79. The van der Waals surface area contributed by atoms with Crippen LogP contribution in [-0.2, 0) is 16.5 Å². The van der Waals surface area contributed by atoms with Gasteiger partial charge in [-0.1, -0.05) is 0 Å². The highest BCUT2D eigenvalue weighted by Crippen LogP contribution is 2.47. The second kappa shape index (κ2) is 6.40. The number of alkyl halides is 3. The average molecular weight is 409 g/mol. The highest BCUT2D eigenvalue weighted by Gasteiger charge is 2.48. The van der Waals surface area contributed by atoms with Gasteiger partial charge in [-0.15, -0.1) is 0 Å². The van der Waals surface area contributed by atoms with Crippen LogP contribution in [0.15, 0.2) is 30.5 Å². The number of carbonyl (C=O) groups excluding carboxylic acids is 1. The summed E-state index contributed by atoms with van der Waals surface area (Å²) >= 11 is 0. The molecular formula is C20H22F3N3O3. The van der Waals surface area contributed by atoms with E-state index in [1.165, 1.54) is 16.8 Å². The molecule has 0 atom stereocenters. The van der Waals surface area contributed by atoms with E-state index in [1.54, 1.807) is 37.8 Å². The van der Waals surface area contributed by atoms with E-state index in [0.29, 0.717) is 31.6 Å². The Morgan fingerprint density at radius 3 is 2.48 bits per heavy atom. The van der Waals surface area contributed by atoms with Gasteiger partial charge < -0.3 is 18.9 Å². The fraction of sp³-hybridized carbons (Fsp3) is 0.500. The average Bonchev–Trinajstić information content (AvgIpc) is 3.08. The van der Waals surface area contributed by atoms with Crippen LogP contribution in [0.5, 0.6) is 5.88 Å². The minimum atomic E-state index is -4.51. The zero-order chi connectivity index (χ0) is 21.0. The lowest BCUT2D eigenvalue weighted by Gasteiger charge is -2.44. The molecule has 0 aliphatic carbocycles. The van der Waals surface area contributed by atoms with Crippen molar-refractivity contribution in [3.8, 4) is 11.6 Å². The molecule has 1 saturated heterocycles. The highest BCUT2D eigenvalue weighted by molar-refractivity contribution is 5.68. The Morgan fingerprint density at radius 1 is 1.17 bits per heavy atom. The Balaban J connectivity index is 1.68. The van der Waals surface area contributed by atoms with E-state index in [1.807, 2.05) is 0 Å². The number of halogens is 3. The number of carbonyl (C=O) groups is 1. The normalized spacial score (nSPS) is 18.1. The van der Waals surface area contributed by atoms with Crippen LogP contribution >= 0.6 is 0 Å². The largest absolute Gasteiger partial charge is 0.463 e. The Labute approximate surface area is 166 Å². The molecule has 29 heavy (non-hydrogen) atoms. The number of fused-ring (bicyclic) bond motifs is 4. The molecule has 4 rings (SSSR count). The van der Waals surface area contributed by atoms with Crippen molar-refractivity contribution in [2.75, 3.05) is 13.1 Å². The topological polar surface area (TPSA) is 56.6 Å². The molecule has 1 amide bonds. The minimum Gasteiger partial charge on any atom is -0.463 e. The number of amides is 1. The molecule has 0 saturated carbocycles. The first-order chi connectivity index (χ1) is 13.5. The second-order valence-electron chi connectivity index (χ2n) is 8.33. The van der Waals surface area contributed by atoms with Gasteiger partial charge in [-0.3, -0.25) is 0 Å². The van der Waals surface area contributed by atoms with Crippen molar-refractivity contribution in [3.05, 3.63) is 41.9 Å². The summed E-state index contributed by atoms with van der Waals surface area (Å²) in [7, 11) is 0. The maximum Gasteiger partial charge on any atom is 0.431 e. The van der Waals surface area contributed by atoms with Crippen molar-refractivity contribution in [2.24, 2.45) is 0 Å². The van der Waals surface area contributed by atoms with Crippen LogP contribution < -0.4 is 4.74 Å². The van der Waals surface area contributed by atoms with Gasteiger partial charge in [0.1, 0.15) is 17.0 Å². The molecule has 0 bridgehead atoms. The van der Waals surface area contributed by atoms with E-state index in [9.17, 15) is 18.0 Å². The summed E-state index contributed by atoms with van der Waals surface area (Å²) in [6, 6.07) is 5.67. The molecule has 2 aliphatic rings. The van der Waals surface area contributed by atoms with E-state index in [2.05, 4.69) is 4.98 Å². The molecule has 2 aliphatic heterocycles. The number of piperidine rings is 1. The van der Waals surface area contributed by atoms with Crippen LogP contribution in [0.1, 0.15) is 45.0 Å². The molecule has 9 heteroatoms. The smallest absolute Gasteiger partial charge is 0.431 e. The number of pyridine rings is 1. The lowest BCUT2D eigenvalue weighted by molar-refractivity contribution is -0.143. The summed E-state index contributed by atoms with van der Waals surface area (Å²) in [4.78, 5) is 18.1. The van der Waals surface area contributed by atoms with Gasteiger partial charge in [-0.05, 0) is 45.0 Å². The zero-order valence-corrected chi connectivity index (χ0v) is 16.4. The van der Waals surface area contributed by atoms with E-state index < -0.39 is 29.2 Å². The number of likely N-dealkylation sites (tertiary alicyclic amines) is 1. The monoisotopic (exact) mass is 409 g/mol. The molecular weight excluding hydrogens is 387 g/mol. The molecule has 1 spiro atoms. The number of hydrogen-bond donors (Lipinski definition) is 0. The van der Waals surface area contributed by atoms with Gasteiger partial charge in [-0.25, -0.2) is 9.78 Å². The molecule has 6 nitrogen and oxygen atoms in total. The maximum atomic E-state index is 13.6. The molecule has 0 radical (unpaired) electrons. The van der Waals surface area contributed by atoms with E-state index >= 15 is 0 Å². The summed E-state index contributed by atoms with van der Waals surface area (Å²) < 4.78 is 53.7. The van der Waals surface area contributed by atoms with Crippen LogP contribution in [0.2, 0.25) is 0 Å². The number of ether oxygens (including phenoxy) is 2. The van der Waals surface area contributed by atoms with Crippen molar-refractivity contribution in [2.45, 2.75) is 51.0 Å². The van der Waals surface area contributed by atoms with Gasteiger partial charge in [0, 0.05) is 32.1 Å². The molecule has 1 fully saturated rings. The van der Waals surface area contributed by atoms with Crippen molar-refractivity contribution < 1.29 is 27.4 Å². The molecule has 4 heterocycles. The van der Waals surface area contributed by atoms with Crippen molar-refractivity contribution in [1.82, 2.24) is 14.5 Å². The van der Waals surface area contributed by atoms with Crippen molar-refractivity contribution >= 4 is 6.09 Å². The first-order valence-electron chi connectivity index (χ1n) is 9.42. The van der Waals surface area contributed by atoms with Crippen molar-refractivity contribution in [3.63, 3.8) is 0 Å². The van der Waals surface area contributed by atoms with Gasteiger partial charge in [0.2, 0.25) is 5.88 Å². The van der Waals surface area contributed by atoms with Crippen LogP contribution in [-0.4, -0.2) is 39.2 Å². The minimum absolute atomic E-state index is 0.160. The second-order valence-corrected chi connectivity index (χ2v) is 8.33. The number of hydrogen-bond acceptors (Lipinski definition) is 4. The van der Waals surface area contributed by atoms with Crippen molar-refractivity contribution in [1.29, 1.82) is 0 Å².